The fraction of sp³-hybridized carbons (Fsp3) is 0.250. The first-order valence-corrected chi connectivity index (χ1v) is 10.1. The van der Waals surface area contributed by atoms with Crippen molar-refractivity contribution in [3.8, 4) is 5.75 Å². The van der Waals surface area contributed by atoms with Gasteiger partial charge >= 0.3 is 0 Å². The van der Waals surface area contributed by atoms with Crippen molar-refractivity contribution >= 4 is 16.8 Å². The summed E-state index contributed by atoms with van der Waals surface area (Å²) >= 11 is 0. The van der Waals surface area contributed by atoms with E-state index in [1.54, 1.807) is 13.4 Å². The zero-order valence-corrected chi connectivity index (χ0v) is 17.3. The van der Waals surface area contributed by atoms with E-state index in [4.69, 9.17) is 4.74 Å². The number of H-pyrrole nitrogens is 2. The SMILES string of the molecule is COc1ccc(C2c3nc[nH]c3CCN2C(=O)c2cc3c(C)cc(C)cc3[nH]2)cc1. The molecule has 2 N–H and O–H groups in total. The molecule has 30 heavy (non-hydrogen) atoms. The van der Waals surface area contributed by atoms with E-state index in [-0.39, 0.29) is 11.9 Å². The van der Waals surface area contributed by atoms with Gasteiger partial charge < -0.3 is 19.6 Å². The molecule has 1 aliphatic rings. The molecule has 0 bridgehead atoms. The first-order valence-electron chi connectivity index (χ1n) is 10.1. The second kappa shape index (κ2) is 7.06. The van der Waals surface area contributed by atoms with Crippen LogP contribution in [0.15, 0.2) is 48.8 Å². The second-order valence-electron chi connectivity index (χ2n) is 7.92. The number of aromatic nitrogens is 3. The van der Waals surface area contributed by atoms with Crippen LogP contribution in [-0.2, 0) is 6.42 Å². The van der Waals surface area contributed by atoms with Crippen LogP contribution in [0.2, 0.25) is 0 Å². The molecule has 3 heterocycles. The molecule has 6 nitrogen and oxygen atoms in total. The highest BCUT2D eigenvalue weighted by Crippen LogP contribution is 2.35. The molecule has 4 aromatic rings. The smallest absolute Gasteiger partial charge is 0.271 e. The molecule has 0 spiro atoms. The van der Waals surface area contributed by atoms with Gasteiger partial charge in [0.15, 0.2) is 0 Å². The summed E-state index contributed by atoms with van der Waals surface area (Å²) < 4.78 is 5.30. The van der Waals surface area contributed by atoms with Gasteiger partial charge in [-0.3, -0.25) is 4.79 Å². The number of carbonyl (C=O) groups is 1. The van der Waals surface area contributed by atoms with Crippen molar-refractivity contribution < 1.29 is 9.53 Å². The van der Waals surface area contributed by atoms with E-state index in [9.17, 15) is 4.79 Å². The number of ether oxygens (including phenoxy) is 1. The Balaban J connectivity index is 1.57. The van der Waals surface area contributed by atoms with Crippen LogP contribution >= 0.6 is 0 Å². The van der Waals surface area contributed by atoms with Crippen LogP contribution in [0.5, 0.6) is 5.75 Å². The molecule has 1 amide bonds. The Morgan fingerprint density at radius 1 is 1.17 bits per heavy atom. The average Bonchev–Trinajstić information content (AvgIpc) is 3.39. The Hall–Kier alpha value is -3.54. The lowest BCUT2D eigenvalue weighted by Gasteiger charge is -2.35. The predicted molar refractivity (Wildman–Crippen MR) is 116 cm³/mol. The number of amides is 1. The second-order valence-corrected chi connectivity index (χ2v) is 7.92. The number of fused-ring (bicyclic) bond motifs is 2. The third-order valence-corrected chi connectivity index (χ3v) is 5.94. The van der Waals surface area contributed by atoms with E-state index in [0.29, 0.717) is 12.2 Å². The number of aromatic amines is 2. The van der Waals surface area contributed by atoms with Crippen molar-refractivity contribution in [1.82, 2.24) is 19.9 Å². The molecule has 0 aliphatic carbocycles. The molecule has 0 saturated heterocycles. The summed E-state index contributed by atoms with van der Waals surface area (Å²) in [6.45, 7) is 4.77. The summed E-state index contributed by atoms with van der Waals surface area (Å²) in [5, 5.41) is 1.09. The van der Waals surface area contributed by atoms with Crippen LogP contribution in [0.25, 0.3) is 10.9 Å². The van der Waals surface area contributed by atoms with Gasteiger partial charge in [0.1, 0.15) is 17.5 Å². The number of imidazole rings is 1. The largest absolute Gasteiger partial charge is 0.497 e. The predicted octanol–water partition coefficient (Wildman–Crippen LogP) is 4.30. The first kappa shape index (κ1) is 18.5. The van der Waals surface area contributed by atoms with E-state index in [1.165, 1.54) is 11.1 Å². The van der Waals surface area contributed by atoms with E-state index in [1.807, 2.05) is 35.2 Å². The third kappa shape index (κ3) is 2.96. The number of aryl methyl sites for hydroxylation is 2. The van der Waals surface area contributed by atoms with Gasteiger partial charge in [0, 0.05) is 29.6 Å². The molecule has 1 atom stereocenters. The highest BCUT2D eigenvalue weighted by molar-refractivity contribution is 5.99. The van der Waals surface area contributed by atoms with Crippen molar-refractivity contribution in [2.75, 3.05) is 13.7 Å². The van der Waals surface area contributed by atoms with E-state index >= 15 is 0 Å². The van der Waals surface area contributed by atoms with E-state index in [2.05, 4.69) is 40.9 Å². The van der Waals surface area contributed by atoms with Gasteiger partial charge in [-0.15, -0.1) is 0 Å². The summed E-state index contributed by atoms with van der Waals surface area (Å²) in [5.41, 5.74) is 6.95. The van der Waals surface area contributed by atoms with Gasteiger partial charge in [-0.25, -0.2) is 4.98 Å². The Bertz CT molecular complexity index is 1240. The standard InChI is InChI=1S/C24H24N4O2/c1-14-10-15(2)18-12-21(27-20(18)11-14)24(29)28-9-8-19-22(26-13-25-19)23(28)16-4-6-17(30-3)7-5-16/h4-7,10-13,23,27H,8-9H2,1-3H3,(H,25,26). The maximum Gasteiger partial charge on any atom is 0.271 e. The van der Waals surface area contributed by atoms with Gasteiger partial charge in [0.2, 0.25) is 0 Å². The quantitative estimate of drug-likeness (QED) is 0.538. The molecular formula is C24H24N4O2. The zero-order chi connectivity index (χ0) is 20.8. The first-order chi connectivity index (χ1) is 14.5. The minimum atomic E-state index is -0.243. The lowest BCUT2D eigenvalue weighted by molar-refractivity contribution is 0.0685. The minimum absolute atomic E-state index is 0.0160. The molecule has 0 saturated carbocycles. The Labute approximate surface area is 174 Å². The number of rotatable bonds is 3. The van der Waals surface area contributed by atoms with Gasteiger partial charge in [-0.1, -0.05) is 18.2 Å². The number of nitrogens with zero attached hydrogens (tertiary/aromatic N) is 2. The van der Waals surface area contributed by atoms with E-state index in [0.717, 1.165) is 40.0 Å². The summed E-state index contributed by atoms with van der Waals surface area (Å²) in [5.74, 6) is 0.772. The Morgan fingerprint density at radius 3 is 2.73 bits per heavy atom. The highest BCUT2D eigenvalue weighted by atomic mass is 16.5. The molecule has 0 fully saturated rings. The average molecular weight is 400 g/mol. The monoisotopic (exact) mass is 400 g/mol. The van der Waals surface area contributed by atoms with Crippen LogP contribution < -0.4 is 4.74 Å². The van der Waals surface area contributed by atoms with Crippen molar-refractivity contribution in [3.05, 3.63) is 82.6 Å². The lowest BCUT2D eigenvalue weighted by atomic mass is 9.95. The fourth-order valence-corrected chi connectivity index (χ4v) is 4.49. The minimum Gasteiger partial charge on any atom is -0.497 e. The van der Waals surface area contributed by atoms with Crippen molar-refractivity contribution in [3.63, 3.8) is 0 Å². The normalized spacial score (nSPS) is 16.0. The van der Waals surface area contributed by atoms with Gasteiger partial charge in [-0.2, -0.15) is 0 Å². The molecule has 1 unspecified atom stereocenters. The maximum atomic E-state index is 13.6. The van der Waals surface area contributed by atoms with Crippen molar-refractivity contribution in [2.24, 2.45) is 0 Å². The highest BCUT2D eigenvalue weighted by Gasteiger charge is 2.35. The van der Waals surface area contributed by atoms with Crippen LogP contribution in [0.1, 0.15) is 44.6 Å². The molecule has 5 rings (SSSR count). The van der Waals surface area contributed by atoms with E-state index < -0.39 is 0 Å². The van der Waals surface area contributed by atoms with Crippen LogP contribution in [0, 0.1) is 13.8 Å². The summed E-state index contributed by atoms with van der Waals surface area (Å²) in [4.78, 5) is 26.7. The number of hydrogen-bond acceptors (Lipinski definition) is 3. The number of carbonyl (C=O) groups excluding carboxylic acids is 1. The van der Waals surface area contributed by atoms with Gasteiger partial charge in [0.25, 0.3) is 5.91 Å². The Kier molecular flexibility index (Phi) is 4.35. The molecule has 6 heteroatoms. The zero-order valence-electron chi connectivity index (χ0n) is 17.3. The summed E-state index contributed by atoms with van der Waals surface area (Å²) in [6, 6.07) is 13.8. The fourth-order valence-electron chi connectivity index (χ4n) is 4.49. The van der Waals surface area contributed by atoms with Crippen molar-refractivity contribution in [1.29, 1.82) is 0 Å². The van der Waals surface area contributed by atoms with Crippen LogP contribution in [0.4, 0.5) is 0 Å². The topological polar surface area (TPSA) is 74.0 Å². The maximum absolute atomic E-state index is 13.6. The summed E-state index contributed by atoms with van der Waals surface area (Å²) in [7, 11) is 1.65. The molecule has 2 aromatic carbocycles. The number of nitrogens with one attached hydrogen (secondary N) is 2. The van der Waals surface area contributed by atoms with Crippen LogP contribution in [0.3, 0.4) is 0 Å². The van der Waals surface area contributed by atoms with Gasteiger partial charge in [0.05, 0.1) is 19.1 Å². The molecule has 1 aliphatic heterocycles. The number of benzene rings is 2. The Morgan fingerprint density at radius 2 is 1.97 bits per heavy atom. The van der Waals surface area contributed by atoms with Gasteiger partial charge in [-0.05, 0) is 54.8 Å². The number of methoxy groups -OCH3 is 1. The lowest BCUT2D eigenvalue weighted by Crippen LogP contribution is -2.40. The van der Waals surface area contributed by atoms with Crippen molar-refractivity contribution in [2.45, 2.75) is 26.3 Å². The number of hydrogen-bond donors (Lipinski definition) is 2. The molecule has 2 aromatic heterocycles. The molecule has 0 radical (unpaired) electrons. The molecular weight excluding hydrogens is 376 g/mol. The summed E-state index contributed by atoms with van der Waals surface area (Å²) in [6.07, 6.45) is 2.47. The van der Waals surface area contributed by atoms with Crippen LogP contribution in [-0.4, -0.2) is 39.4 Å². The molecule has 152 valence electrons. The third-order valence-electron chi connectivity index (χ3n) is 5.94.